The van der Waals surface area contributed by atoms with Gasteiger partial charge in [0.05, 0.1) is 6.42 Å². The normalized spacial score (nSPS) is 27.6. The number of rotatable bonds is 5. The number of amides is 1. The fourth-order valence-corrected chi connectivity index (χ4v) is 6.97. The number of halogens is 1. The van der Waals surface area contributed by atoms with E-state index in [1.807, 2.05) is 42.1 Å². The number of carbonyl (C=O) groups excluding carboxylic acids is 1. The maximum absolute atomic E-state index is 11.9. The summed E-state index contributed by atoms with van der Waals surface area (Å²) in [5.74, 6) is 0.0299. The smallest absolute Gasteiger partial charge is 0.228 e. The van der Waals surface area contributed by atoms with Gasteiger partial charge in [0.25, 0.3) is 0 Å². The SMILES string of the molecule is CC[C@](O)(c1ccc2c(c1)NC(=O)C2)N1C2CCC1CC(Sc1ccc(Cl)cc1)C2. The number of piperidine rings is 1. The largest absolute Gasteiger partial charge is 0.371 e. The van der Waals surface area contributed by atoms with Gasteiger partial charge in [0.2, 0.25) is 5.91 Å². The molecule has 0 radical (unpaired) electrons. The maximum Gasteiger partial charge on any atom is 0.228 e. The second-order valence-electron chi connectivity index (χ2n) is 8.72. The number of carbonyl (C=O) groups is 1. The Bertz CT molecular complexity index is 952. The predicted octanol–water partition coefficient (Wildman–Crippen LogP) is 5.18. The minimum absolute atomic E-state index is 0.0299. The van der Waals surface area contributed by atoms with Crippen molar-refractivity contribution in [3.8, 4) is 0 Å². The number of thioether (sulfide) groups is 1. The van der Waals surface area contributed by atoms with E-state index in [2.05, 4.69) is 29.3 Å². The number of hydrogen-bond donors (Lipinski definition) is 2. The van der Waals surface area contributed by atoms with E-state index in [9.17, 15) is 9.90 Å². The lowest BCUT2D eigenvalue weighted by Gasteiger charge is -2.48. The monoisotopic (exact) mass is 442 g/mol. The Morgan fingerprint density at radius 1 is 1.17 bits per heavy atom. The highest BCUT2D eigenvalue weighted by Crippen LogP contribution is 2.48. The van der Waals surface area contributed by atoms with Gasteiger partial charge < -0.3 is 10.4 Å². The minimum Gasteiger partial charge on any atom is -0.371 e. The average molecular weight is 443 g/mol. The number of aliphatic hydroxyl groups is 1. The Morgan fingerprint density at radius 3 is 2.53 bits per heavy atom. The second-order valence-corrected chi connectivity index (χ2v) is 10.5. The molecule has 2 aromatic carbocycles. The van der Waals surface area contributed by atoms with Crippen LogP contribution in [0.5, 0.6) is 0 Å². The van der Waals surface area contributed by atoms with E-state index in [4.69, 9.17) is 11.6 Å². The molecule has 2 aromatic rings. The quantitative estimate of drug-likeness (QED) is 0.670. The number of anilines is 1. The standard InChI is InChI=1S/C24H27ClN2O2S/c1-2-24(29,16-4-3-15-11-23(28)26-22(15)12-16)27-18-7-8-19(27)14-21(13-18)30-20-9-5-17(25)6-10-20/h3-6,9-10,12,18-19,21,29H,2,7-8,11,13-14H2,1H3,(H,26,28)/t18?,19?,21?,24-/m0/s1. The number of benzene rings is 2. The van der Waals surface area contributed by atoms with Crippen molar-refractivity contribution >= 4 is 35.0 Å². The van der Waals surface area contributed by atoms with Gasteiger partial charge in [-0.05, 0) is 68.0 Å². The van der Waals surface area contributed by atoms with Crippen LogP contribution in [0.15, 0.2) is 47.4 Å². The molecule has 30 heavy (non-hydrogen) atoms. The molecule has 3 aliphatic heterocycles. The molecule has 3 atom stereocenters. The lowest BCUT2D eigenvalue weighted by molar-refractivity contribution is -0.153. The number of nitrogens with zero attached hydrogens (tertiary/aromatic N) is 1. The molecule has 4 nitrogen and oxygen atoms in total. The molecule has 0 aromatic heterocycles. The summed E-state index contributed by atoms with van der Waals surface area (Å²) in [4.78, 5) is 15.4. The summed E-state index contributed by atoms with van der Waals surface area (Å²) in [6.07, 6.45) is 5.47. The van der Waals surface area contributed by atoms with Gasteiger partial charge in [-0.25, -0.2) is 0 Å². The zero-order valence-corrected chi connectivity index (χ0v) is 18.7. The highest BCUT2D eigenvalue weighted by Gasteiger charge is 2.50. The van der Waals surface area contributed by atoms with Crippen LogP contribution in [-0.4, -0.2) is 33.2 Å². The Hall–Kier alpha value is -1.53. The first-order valence-electron chi connectivity index (χ1n) is 10.8. The number of nitrogens with one attached hydrogen (secondary N) is 1. The summed E-state index contributed by atoms with van der Waals surface area (Å²) in [5.41, 5.74) is 1.77. The van der Waals surface area contributed by atoms with Crippen LogP contribution in [-0.2, 0) is 16.9 Å². The van der Waals surface area contributed by atoms with Crippen molar-refractivity contribution in [1.82, 2.24) is 4.90 Å². The molecule has 2 unspecified atom stereocenters. The summed E-state index contributed by atoms with van der Waals surface area (Å²) < 4.78 is 0. The first-order valence-corrected chi connectivity index (χ1v) is 12.1. The van der Waals surface area contributed by atoms with Gasteiger partial charge in [-0.1, -0.05) is 30.7 Å². The molecule has 2 fully saturated rings. The summed E-state index contributed by atoms with van der Waals surface area (Å²) in [7, 11) is 0. The molecule has 3 heterocycles. The fraction of sp³-hybridized carbons (Fsp3) is 0.458. The van der Waals surface area contributed by atoms with Crippen molar-refractivity contribution in [3.63, 3.8) is 0 Å². The van der Waals surface area contributed by atoms with Crippen LogP contribution in [0.3, 0.4) is 0 Å². The van der Waals surface area contributed by atoms with E-state index < -0.39 is 5.72 Å². The average Bonchev–Trinajstić information content (AvgIpc) is 3.25. The highest BCUT2D eigenvalue weighted by atomic mass is 35.5. The Balaban J connectivity index is 1.37. The van der Waals surface area contributed by atoms with E-state index in [1.54, 1.807) is 0 Å². The van der Waals surface area contributed by atoms with Gasteiger partial charge in [0.15, 0.2) is 0 Å². The van der Waals surface area contributed by atoms with E-state index in [1.165, 1.54) is 4.90 Å². The summed E-state index contributed by atoms with van der Waals surface area (Å²) in [6.45, 7) is 2.06. The molecule has 2 bridgehead atoms. The summed E-state index contributed by atoms with van der Waals surface area (Å²) in [5, 5.41) is 16.2. The summed E-state index contributed by atoms with van der Waals surface area (Å²) >= 11 is 7.97. The van der Waals surface area contributed by atoms with Crippen molar-refractivity contribution in [1.29, 1.82) is 0 Å². The topological polar surface area (TPSA) is 52.6 Å². The third-order valence-electron chi connectivity index (χ3n) is 6.92. The van der Waals surface area contributed by atoms with Gasteiger partial charge in [-0.2, -0.15) is 0 Å². The van der Waals surface area contributed by atoms with Crippen molar-refractivity contribution in [2.75, 3.05) is 5.32 Å². The molecule has 2 saturated heterocycles. The van der Waals surface area contributed by atoms with Crippen LogP contribution in [0, 0.1) is 0 Å². The molecule has 0 aliphatic carbocycles. The minimum atomic E-state index is -0.996. The molecular weight excluding hydrogens is 416 g/mol. The molecule has 5 rings (SSSR count). The van der Waals surface area contributed by atoms with Gasteiger partial charge in [0, 0.05) is 38.5 Å². The van der Waals surface area contributed by atoms with E-state index in [0.717, 1.165) is 47.5 Å². The zero-order chi connectivity index (χ0) is 20.9. The molecule has 6 heteroatoms. The Kier molecular flexibility index (Phi) is 5.34. The molecule has 0 spiro atoms. The Morgan fingerprint density at radius 2 is 1.87 bits per heavy atom. The molecule has 1 amide bonds. The molecular formula is C24H27ClN2O2S. The number of fused-ring (bicyclic) bond motifs is 3. The maximum atomic E-state index is 11.9. The van der Waals surface area contributed by atoms with Gasteiger partial charge in [0.1, 0.15) is 5.72 Å². The zero-order valence-electron chi connectivity index (χ0n) is 17.1. The van der Waals surface area contributed by atoms with Crippen molar-refractivity contribution < 1.29 is 9.90 Å². The molecule has 0 saturated carbocycles. The van der Waals surface area contributed by atoms with Crippen molar-refractivity contribution in [2.24, 2.45) is 0 Å². The van der Waals surface area contributed by atoms with Crippen molar-refractivity contribution in [2.45, 2.75) is 73.4 Å². The van der Waals surface area contributed by atoms with Crippen LogP contribution >= 0.6 is 23.4 Å². The van der Waals surface area contributed by atoms with Crippen LogP contribution in [0.1, 0.15) is 50.2 Å². The Labute approximate surface area is 187 Å². The third kappa shape index (κ3) is 3.56. The van der Waals surface area contributed by atoms with Crippen LogP contribution in [0.25, 0.3) is 0 Å². The van der Waals surface area contributed by atoms with Gasteiger partial charge >= 0.3 is 0 Å². The number of hydrogen-bond acceptors (Lipinski definition) is 4. The van der Waals surface area contributed by atoms with E-state index in [-0.39, 0.29) is 5.91 Å². The first kappa shape index (κ1) is 20.4. The van der Waals surface area contributed by atoms with Crippen molar-refractivity contribution in [3.05, 3.63) is 58.6 Å². The van der Waals surface area contributed by atoms with Gasteiger partial charge in [-0.15, -0.1) is 11.8 Å². The third-order valence-corrected chi connectivity index (χ3v) is 8.44. The molecule has 158 valence electrons. The van der Waals surface area contributed by atoms with E-state index in [0.29, 0.717) is 30.2 Å². The van der Waals surface area contributed by atoms with E-state index >= 15 is 0 Å². The van der Waals surface area contributed by atoms with Crippen LogP contribution in [0.2, 0.25) is 5.02 Å². The second kappa shape index (κ2) is 7.86. The molecule has 3 aliphatic rings. The first-order chi connectivity index (χ1) is 14.5. The fourth-order valence-electron chi connectivity index (χ4n) is 5.53. The van der Waals surface area contributed by atoms with Crippen LogP contribution in [0.4, 0.5) is 5.69 Å². The lowest BCUT2D eigenvalue weighted by Crippen LogP contribution is -2.55. The summed E-state index contributed by atoms with van der Waals surface area (Å²) in [6, 6.07) is 14.8. The predicted molar refractivity (Wildman–Crippen MR) is 122 cm³/mol. The molecule has 2 N–H and O–H groups in total. The lowest BCUT2D eigenvalue weighted by atomic mass is 9.90. The van der Waals surface area contributed by atoms with Gasteiger partial charge in [-0.3, -0.25) is 9.69 Å². The van der Waals surface area contributed by atoms with Crippen LogP contribution < -0.4 is 5.32 Å². The highest BCUT2D eigenvalue weighted by molar-refractivity contribution is 8.00.